The number of ether oxygens (including phenoxy) is 1. The van der Waals surface area contributed by atoms with E-state index < -0.39 is 5.82 Å². The van der Waals surface area contributed by atoms with Crippen molar-refractivity contribution in [2.45, 2.75) is 11.8 Å². The molecule has 4 heteroatoms. The Morgan fingerprint density at radius 2 is 1.95 bits per heavy atom. The Hall–Kier alpha value is -1.06. The third-order valence-electron chi connectivity index (χ3n) is 2.99. The number of aryl methyl sites for hydroxylation is 1. The van der Waals surface area contributed by atoms with Crippen molar-refractivity contribution in [1.82, 2.24) is 0 Å². The van der Waals surface area contributed by atoms with E-state index in [0.717, 1.165) is 22.4 Å². The van der Waals surface area contributed by atoms with Crippen molar-refractivity contribution >= 4 is 27.5 Å². The van der Waals surface area contributed by atoms with Gasteiger partial charge in [-0.2, -0.15) is 0 Å². The Bertz CT molecular complexity index is 601. The molecule has 0 heterocycles. The lowest BCUT2D eigenvalue weighted by atomic mass is 10.00. The molecule has 0 spiro atoms. The van der Waals surface area contributed by atoms with E-state index in [2.05, 4.69) is 15.9 Å². The van der Waals surface area contributed by atoms with Crippen LogP contribution in [0.25, 0.3) is 0 Å². The van der Waals surface area contributed by atoms with Gasteiger partial charge in [0.1, 0.15) is 11.6 Å². The predicted octanol–water partition coefficient (Wildman–Crippen LogP) is 5.28. The van der Waals surface area contributed by atoms with E-state index in [1.165, 1.54) is 6.07 Å². The molecule has 0 aliphatic carbocycles. The van der Waals surface area contributed by atoms with Crippen LogP contribution in [0.15, 0.2) is 36.4 Å². The molecule has 100 valence electrons. The van der Waals surface area contributed by atoms with Crippen LogP contribution < -0.4 is 4.74 Å². The fraction of sp³-hybridized carbons (Fsp3) is 0.200. The minimum absolute atomic E-state index is 0.0310. The highest BCUT2D eigenvalue weighted by molar-refractivity contribution is 9.09. The molecule has 0 bridgehead atoms. The van der Waals surface area contributed by atoms with Gasteiger partial charge in [0.25, 0.3) is 0 Å². The Labute approximate surface area is 125 Å². The molecule has 0 aliphatic rings. The number of benzene rings is 2. The highest BCUT2D eigenvalue weighted by Gasteiger charge is 2.14. The van der Waals surface area contributed by atoms with E-state index in [0.29, 0.717) is 0 Å². The van der Waals surface area contributed by atoms with Crippen LogP contribution >= 0.6 is 27.5 Å². The van der Waals surface area contributed by atoms with Gasteiger partial charge in [0.15, 0.2) is 0 Å². The molecule has 1 atom stereocenters. The monoisotopic (exact) mass is 342 g/mol. The van der Waals surface area contributed by atoms with Gasteiger partial charge in [0.2, 0.25) is 0 Å². The topological polar surface area (TPSA) is 9.23 Å². The van der Waals surface area contributed by atoms with Gasteiger partial charge in [0, 0.05) is 0 Å². The number of rotatable bonds is 3. The van der Waals surface area contributed by atoms with E-state index in [9.17, 15) is 4.39 Å². The van der Waals surface area contributed by atoms with Crippen LogP contribution in [0.3, 0.4) is 0 Å². The second-order valence-corrected chi connectivity index (χ2v) is 5.58. The van der Waals surface area contributed by atoms with Crippen molar-refractivity contribution in [3.05, 3.63) is 63.9 Å². The average molecular weight is 344 g/mol. The van der Waals surface area contributed by atoms with Crippen molar-refractivity contribution in [1.29, 1.82) is 0 Å². The van der Waals surface area contributed by atoms with Crippen molar-refractivity contribution in [3.63, 3.8) is 0 Å². The number of hydrogen-bond acceptors (Lipinski definition) is 1. The summed E-state index contributed by atoms with van der Waals surface area (Å²) in [5.41, 5.74) is 3.12. The molecule has 1 nitrogen and oxygen atoms in total. The normalized spacial score (nSPS) is 12.3. The lowest BCUT2D eigenvalue weighted by Crippen LogP contribution is -1.97. The van der Waals surface area contributed by atoms with E-state index in [-0.39, 0.29) is 9.85 Å². The fourth-order valence-electron chi connectivity index (χ4n) is 1.91. The number of halogens is 3. The molecule has 0 saturated carbocycles. The van der Waals surface area contributed by atoms with E-state index in [4.69, 9.17) is 16.3 Å². The van der Waals surface area contributed by atoms with Gasteiger partial charge >= 0.3 is 0 Å². The smallest absolute Gasteiger partial charge is 0.141 e. The van der Waals surface area contributed by atoms with E-state index in [1.54, 1.807) is 19.2 Å². The Morgan fingerprint density at radius 3 is 2.53 bits per heavy atom. The molecule has 2 aromatic carbocycles. The van der Waals surface area contributed by atoms with Crippen molar-refractivity contribution in [3.8, 4) is 5.75 Å². The molecule has 2 rings (SSSR count). The predicted molar refractivity (Wildman–Crippen MR) is 79.9 cm³/mol. The fourth-order valence-corrected chi connectivity index (χ4v) is 2.90. The first-order valence-electron chi connectivity index (χ1n) is 5.76. The summed E-state index contributed by atoms with van der Waals surface area (Å²) in [6.45, 7) is 2.01. The summed E-state index contributed by atoms with van der Waals surface area (Å²) >= 11 is 9.45. The van der Waals surface area contributed by atoms with E-state index in [1.807, 2.05) is 25.1 Å². The lowest BCUT2D eigenvalue weighted by Gasteiger charge is -2.15. The van der Waals surface area contributed by atoms with Crippen LogP contribution in [-0.2, 0) is 0 Å². The minimum atomic E-state index is -0.406. The van der Waals surface area contributed by atoms with Crippen molar-refractivity contribution < 1.29 is 9.13 Å². The molecular formula is C15H13BrClFO. The number of methoxy groups -OCH3 is 1. The maximum atomic E-state index is 13.2. The summed E-state index contributed by atoms with van der Waals surface area (Å²) in [5.74, 6) is 0.412. The molecule has 0 fully saturated rings. The summed E-state index contributed by atoms with van der Waals surface area (Å²) in [5, 5.41) is 0.133. The van der Waals surface area contributed by atoms with Gasteiger partial charge in [-0.1, -0.05) is 39.7 Å². The van der Waals surface area contributed by atoms with Gasteiger partial charge in [-0.3, -0.25) is 0 Å². The van der Waals surface area contributed by atoms with Gasteiger partial charge in [-0.25, -0.2) is 4.39 Å². The average Bonchev–Trinajstić information content (AvgIpc) is 2.41. The summed E-state index contributed by atoms with van der Waals surface area (Å²) < 4.78 is 18.4. The molecule has 0 N–H and O–H groups in total. The zero-order valence-electron chi connectivity index (χ0n) is 10.6. The van der Waals surface area contributed by atoms with Crippen LogP contribution in [0.5, 0.6) is 5.75 Å². The molecule has 19 heavy (non-hydrogen) atoms. The third kappa shape index (κ3) is 3.10. The SMILES string of the molecule is COc1ccc(C(Br)c2ccc(F)c(Cl)c2)c(C)c1. The Morgan fingerprint density at radius 1 is 1.21 bits per heavy atom. The van der Waals surface area contributed by atoms with E-state index >= 15 is 0 Å². The highest BCUT2D eigenvalue weighted by atomic mass is 79.9. The van der Waals surface area contributed by atoms with Crippen molar-refractivity contribution in [2.75, 3.05) is 7.11 Å². The summed E-state index contributed by atoms with van der Waals surface area (Å²) in [6, 6.07) is 10.6. The maximum absolute atomic E-state index is 13.2. The van der Waals surface area contributed by atoms with Crippen LogP contribution in [0.2, 0.25) is 5.02 Å². The van der Waals surface area contributed by atoms with Gasteiger partial charge in [-0.05, 0) is 47.9 Å². The summed E-state index contributed by atoms with van der Waals surface area (Å²) in [4.78, 5) is -0.0310. The minimum Gasteiger partial charge on any atom is -0.497 e. The largest absolute Gasteiger partial charge is 0.497 e. The molecule has 0 aliphatic heterocycles. The lowest BCUT2D eigenvalue weighted by molar-refractivity contribution is 0.414. The van der Waals surface area contributed by atoms with Crippen molar-refractivity contribution in [2.24, 2.45) is 0 Å². The summed E-state index contributed by atoms with van der Waals surface area (Å²) in [6.07, 6.45) is 0. The van der Waals surface area contributed by atoms with Gasteiger partial charge in [-0.15, -0.1) is 0 Å². The Balaban J connectivity index is 2.38. The quantitative estimate of drug-likeness (QED) is 0.689. The van der Waals surface area contributed by atoms with Crippen LogP contribution in [0.1, 0.15) is 21.5 Å². The van der Waals surface area contributed by atoms with Gasteiger partial charge < -0.3 is 4.74 Å². The third-order valence-corrected chi connectivity index (χ3v) is 4.30. The molecule has 0 aromatic heterocycles. The molecule has 2 aromatic rings. The first kappa shape index (κ1) is 14.4. The maximum Gasteiger partial charge on any atom is 0.141 e. The van der Waals surface area contributed by atoms with Crippen LogP contribution in [0.4, 0.5) is 4.39 Å². The molecular weight excluding hydrogens is 331 g/mol. The van der Waals surface area contributed by atoms with Crippen LogP contribution in [0, 0.1) is 12.7 Å². The second kappa shape index (κ2) is 5.93. The number of hydrogen-bond donors (Lipinski definition) is 0. The first-order chi connectivity index (χ1) is 9.02. The standard InChI is InChI=1S/C15H13BrClFO/c1-9-7-11(19-2)4-5-12(9)15(16)10-3-6-14(18)13(17)8-10/h3-8,15H,1-2H3. The number of alkyl halides is 1. The summed E-state index contributed by atoms with van der Waals surface area (Å²) in [7, 11) is 1.64. The zero-order chi connectivity index (χ0) is 14.0. The molecule has 0 saturated heterocycles. The highest BCUT2D eigenvalue weighted by Crippen LogP contribution is 2.35. The Kier molecular flexibility index (Phi) is 4.48. The molecule has 0 amide bonds. The van der Waals surface area contributed by atoms with Crippen LogP contribution in [-0.4, -0.2) is 7.11 Å². The first-order valence-corrected chi connectivity index (χ1v) is 7.06. The second-order valence-electron chi connectivity index (χ2n) is 4.26. The molecule has 1 unspecified atom stereocenters. The molecule has 0 radical (unpaired) electrons. The van der Waals surface area contributed by atoms with Gasteiger partial charge in [0.05, 0.1) is 17.0 Å². The zero-order valence-corrected chi connectivity index (χ0v) is 12.9.